The van der Waals surface area contributed by atoms with Crippen molar-refractivity contribution < 1.29 is 4.79 Å². The summed E-state index contributed by atoms with van der Waals surface area (Å²) in [6.45, 7) is 5.48. The number of carbonyl (C=O) groups excluding carboxylic acids is 1. The number of pyridine rings is 1. The molecule has 164 valence electrons. The second-order valence-electron chi connectivity index (χ2n) is 8.79. The molecule has 32 heavy (non-hydrogen) atoms. The van der Waals surface area contributed by atoms with Gasteiger partial charge < -0.3 is 9.80 Å². The third-order valence-corrected chi connectivity index (χ3v) is 6.64. The number of hydrogen-bond acceptors (Lipinski definition) is 5. The minimum absolute atomic E-state index is 0.0631. The van der Waals surface area contributed by atoms with Crippen molar-refractivity contribution in [2.45, 2.75) is 45.1 Å². The fraction of sp³-hybridized carbons (Fsp3) is 0.385. The van der Waals surface area contributed by atoms with Gasteiger partial charge in [0.1, 0.15) is 11.6 Å². The molecule has 0 spiro atoms. The summed E-state index contributed by atoms with van der Waals surface area (Å²) in [6, 6.07) is 14.2. The zero-order valence-corrected chi connectivity index (χ0v) is 18.6. The van der Waals surface area contributed by atoms with Gasteiger partial charge in [-0.05, 0) is 50.3 Å². The second kappa shape index (κ2) is 9.07. The average Bonchev–Trinajstić information content (AvgIpc) is 2.85. The maximum Gasteiger partial charge on any atom is 0.255 e. The molecule has 4 heterocycles. The van der Waals surface area contributed by atoms with Crippen LogP contribution in [-0.4, -0.2) is 45.4 Å². The summed E-state index contributed by atoms with van der Waals surface area (Å²) in [5.41, 5.74) is 4.36. The molecule has 6 nitrogen and oxygen atoms in total. The molecule has 6 heteroatoms. The maximum absolute atomic E-state index is 12.8. The summed E-state index contributed by atoms with van der Waals surface area (Å²) in [5, 5.41) is 0. The molecule has 0 bridgehead atoms. The number of hydrogen-bond donors (Lipinski definition) is 0. The molecule has 2 aliphatic heterocycles. The van der Waals surface area contributed by atoms with E-state index in [9.17, 15) is 4.79 Å². The van der Waals surface area contributed by atoms with Crippen LogP contribution in [0.3, 0.4) is 0 Å². The molecule has 0 radical (unpaired) electrons. The summed E-state index contributed by atoms with van der Waals surface area (Å²) in [4.78, 5) is 31.2. The van der Waals surface area contributed by atoms with Gasteiger partial charge in [0.05, 0.1) is 5.56 Å². The molecule has 1 fully saturated rings. The molecule has 2 aromatic heterocycles. The first kappa shape index (κ1) is 20.6. The van der Waals surface area contributed by atoms with Crippen LogP contribution in [0.1, 0.15) is 58.2 Å². The highest BCUT2D eigenvalue weighted by molar-refractivity contribution is 5.93. The van der Waals surface area contributed by atoms with Crippen LogP contribution in [-0.2, 0) is 13.0 Å². The van der Waals surface area contributed by atoms with Crippen molar-refractivity contribution in [1.82, 2.24) is 19.9 Å². The van der Waals surface area contributed by atoms with E-state index in [0.29, 0.717) is 5.56 Å². The number of amides is 1. The van der Waals surface area contributed by atoms with Crippen molar-refractivity contribution in [3.63, 3.8) is 0 Å². The Morgan fingerprint density at radius 2 is 1.84 bits per heavy atom. The molecule has 0 aliphatic carbocycles. The summed E-state index contributed by atoms with van der Waals surface area (Å²) < 4.78 is 0. The Morgan fingerprint density at radius 3 is 2.59 bits per heavy atom. The smallest absolute Gasteiger partial charge is 0.255 e. The minimum atomic E-state index is 0.0631. The number of anilines is 1. The summed E-state index contributed by atoms with van der Waals surface area (Å²) >= 11 is 0. The van der Waals surface area contributed by atoms with Crippen LogP contribution >= 0.6 is 0 Å². The van der Waals surface area contributed by atoms with Crippen LogP contribution in [0, 0.1) is 6.92 Å². The molecule has 0 atom stereocenters. The van der Waals surface area contributed by atoms with Gasteiger partial charge in [0.2, 0.25) is 0 Å². The predicted octanol–water partition coefficient (Wildman–Crippen LogP) is 4.15. The van der Waals surface area contributed by atoms with Crippen molar-refractivity contribution in [3.8, 4) is 0 Å². The Morgan fingerprint density at radius 1 is 1.03 bits per heavy atom. The number of likely N-dealkylation sites (tertiary alicyclic amines) is 1. The van der Waals surface area contributed by atoms with E-state index < -0.39 is 0 Å². The fourth-order valence-electron chi connectivity index (χ4n) is 4.86. The van der Waals surface area contributed by atoms with E-state index >= 15 is 0 Å². The van der Waals surface area contributed by atoms with E-state index in [0.717, 1.165) is 69.2 Å². The summed E-state index contributed by atoms with van der Waals surface area (Å²) in [7, 11) is 0. The van der Waals surface area contributed by atoms with Crippen LogP contribution in [0.2, 0.25) is 0 Å². The Bertz CT molecular complexity index is 1080. The van der Waals surface area contributed by atoms with Gasteiger partial charge in [0, 0.05) is 55.7 Å². The first-order chi connectivity index (χ1) is 15.7. The Hall–Kier alpha value is -3.28. The molecule has 1 amide bonds. The third kappa shape index (κ3) is 4.22. The van der Waals surface area contributed by atoms with Crippen LogP contribution in [0.25, 0.3) is 0 Å². The van der Waals surface area contributed by atoms with Gasteiger partial charge in [0.15, 0.2) is 0 Å². The number of aromatic nitrogens is 3. The Balaban J connectivity index is 1.32. The maximum atomic E-state index is 12.8. The van der Waals surface area contributed by atoms with Gasteiger partial charge in [-0.3, -0.25) is 9.78 Å². The lowest BCUT2D eigenvalue weighted by atomic mass is 9.94. The summed E-state index contributed by atoms with van der Waals surface area (Å²) in [6.07, 6.45) is 7.31. The van der Waals surface area contributed by atoms with Gasteiger partial charge in [-0.25, -0.2) is 9.97 Å². The lowest BCUT2D eigenvalue weighted by molar-refractivity contribution is 0.0710. The van der Waals surface area contributed by atoms with E-state index in [4.69, 9.17) is 9.97 Å². The lowest BCUT2D eigenvalue weighted by Crippen LogP contribution is -2.38. The molecule has 1 aromatic carbocycles. The standard InChI is InChI=1S/C26H29N5O/c1-19-23-10-6-14-31(18-20-7-3-2-4-8-20)25(23)29-24(28-19)21-11-15-30(16-12-21)26(32)22-9-5-13-27-17-22/h2-5,7-9,13,17,21H,6,10-12,14-16,18H2,1H3. The van der Waals surface area contributed by atoms with Crippen LogP contribution in [0.15, 0.2) is 54.9 Å². The first-order valence-electron chi connectivity index (χ1n) is 11.5. The monoisotopic (exact) mass is 427 g/mol. The molecule has 0 N–H and O–H groups in total. The molecule has 1 saturated heterocycles. The molecular weight excluding hydrogens is 398 g/mol. The van der Waals surface area contributed by atoms with Gasteiger partial charge in [-0.15, -0.1) is 0 Å². The molecular formula is C26H29N5O. The van der Waals surface area contributed by atoms with Crippen molar-refractivity contribution in [2.24, 2.45) is 0 Å². The number of nitrogens with zero attached hydrogens (tertiary/aromatic N) is 5. The van der Waals surface area contributed by atoms with Gasteiger partial charge in [-0.2, -0.15) is 0 Å². The first-order valence-corrected chi connectivity index (χ1v) is 11.5. The van der Waals surface area contributed by atoms with Crippen molar-refractivity contribution in [3.05, 3.63) is 83.1 Å². The van der Waals surface area contributed by atoms with Crippen LogP contribution in [0.4, 0.5) is 5.82 Å². The highest BCUT2D eigenvalue weighted by Gasteiger charge is 2.29. The number of piperidine rings is 1. The van der Waals surface area contributed by atoms with Gasteiger partial charge >= 0.3 is 0 Å². The normalized spacial score (nSPS) is 16.7. The third-order valence-electron chi connectivity index (χ3n) is 6.64. The highest BCUT2D eigenvalue weighted by atomic mass is 16.2. The molecule has 0 unspecified atom stereocenters. The fourth-order valence-corrected chi connectivity index (χ4v) is 4.86. The van der Waals surface area contributed by atoms with Gasteiger partial charge in [-0.1, -0.05) is 30.3 Å². The van der Waals surface area contributed by atoms with E-state index in [2.05, 4.69) is 47.1 Å². The zero-order chi connectivity index (χ0) is 21.9. The van der Waals surface area contributed by atoms with Crippen LogP contribution in [0.5, 0.6) is 0 Å². The largest absolute Gasteiger partial charge is 0.352 e. The molecule has 2 aliphatic rings. The topological polar surface area (TPSA) is 62.2 Å². The van der Waals surface area contributed by atoms with E-state index in [1.807, 2.05) is 17.0 Å². The molecule has 0 saturated carbocycles. The molecule has 5 rings (SSSR count). The number of rotatable bonds is 4. The van der Waals surface area contributed by atoms with Crippen molar-refractivity contribution >= 4 is 11.7 Å². The predicted molar refractivity (Wildman–Crippen MR) is 125 cm³/mol. The quantitative estimate of drug-likeness (QED) is 0.626. The summed E-state index contributed by atoms with van der Waals surface area (Å²) in [5.74, 6) is 2.40. The van der Waals surface area contributed by atoms with Gasteiger partial charge in [0.25, 0.3) is 5.91 Å². The molecule has 3 aromatic rings. The lowest BCUT2D eigenvalue weighted by Gasteiger charge is -2.34. The SMILES string of the molecule is Cc1nc(C2CCN(C(=O)c3cccnc3)CC2)nc2c1CCCN2Cc1ccccc1. The van der Waals surface area contributed by atoms with Crippen molar-refractivity contribution in [1.29, 1.82) is 0 Å². The second-order valence-corrected chi connectivity index (χ2v) is 8.79. The van der Waals surface area contributed by atoms with E-state index in [1.165, 1.54) is 11.1 Å². The number of fused-ring (bicyclic) bond motifs is 1. The number of benzene rings is 1. The van der Waals surface area contributed by atoms with Crippen molar-refractivity contribution in [2.75, 3.05) is 24.5 Å². The zero-order valence-electron chi connectivity index (χ0n) is 18.6. The number of carbonyl (C=O) groups is 1. The number of aryl methyl sites for hydroxylation is 1. The van der Waals surface area contributed by atoms with E-state index in [-0.39, 0.29) is 11.8 Å². The Labute approximate surface area is 189 Å². The highest BCUT2D eigenvalue weighted by Crippen LogP contribution is 2.33. The minimum Gasteiger partial charge on any atom is -0.352 e. The Kier molecular flexibility index (Phi) is 5.84. The van der Waals surface area contributed by atoms with Crippen LogP contribution < -0.4 is 4.90 Å². The van der Waals surface area contributed by atoms with E-state index in [1.54, 1.807) is 12.4 Å². The average molecular weight is 428 g/mol.